The Morgan fingerprint density at radius 3 is 2.55 bits per heavy atom. The van der Waals surface area contributed by atoms with Crippen LogP contribution >= 0.6 is 0 Å². The first-order chi connectivity index (χ1) is 5.25. The van der Waals surface area contributed by atoms with Crippen molar-refractivity contribution in [3.8, 4) is 5.75 Å². The van der Waals surface area contributed by atoms with Gasteiger partial charge in [0, 0.05) is 0 Å². The van der Waals surface area contributed by atoms with E-state index < -0.39 is 5.97 Å². The zero-order chi connectivity index (χ0) is 8.27. The molecular weight excluding hydrogens is 207 g/mol. The molecule has 0 unspecified atom stereocenters. The molecule has 2 radical (unpaired) electrons. The maximum absolute atomic E-state index is 10.5. The summed E-state index contributed by atoms with van der Waals surface area (Å²) in [7, 11) is 0. The van der Waals surface area contributed by atoms with Crippen LogP contribution in [0, 0.1) is 0 Å². The number of rotatable bonds is 2. The van der Waals surface area contributed by atoms with Crippen molar-refractivity contribution < 1.29 is 13.6 Å². The van der Waals surface area contributed by atoms with Crippen molar-refractivity contribution in [2.24, 2.45) is 0 Å². The van der Waals surface area contributed by atoms with Gasteiger partial charge in [0.05, 0.1) is 0 Å². The van der Waals surface area contributed by atoms with Gasteiger partial charge in [0.25, 0.3) is 0 Å². The second-order valence-corrected chi connectivity index (χ2v) is 2.28. The van der Waals surface area contributed by atoms with Crippen LogP contribution in [0.5, 0.6) is 5.75 Å². The van der Waals surface area contributed by atoms with Crippen molar-refractivity contribution in [1.82, 2.24) is 0 Å². The number of carbonyl (C=O) groups is 1. The summed E-state index contributed by atoms with van der Waals surface area (Å²) in [5.74, 6) is -0.619. The van der Waals surface area contributed by atoms with Crippen LogP contribution in [0.15, 0.2) is 24.3 Å². The molecule has 11 heavy (non-hydrogen) atoms. The Labute approximate surface area is 72.8 Å². The molecule has 3 nitrogen and oxygen atoms in total. The first-order valence-electron chi connectivity index (χ1n) is 2.89. The number of carboxylic acid groups (broad SMARTS) is 1. The molecule has 0 bridgehead atoms. The maximum atomic E-state index is 10.5. The molecule has 4 heteroatoms. The summed E-state index contributed by atoms with van der Waals surface area (Å²) in [6.45, 7) is 0. The minimum absolute atomic E-state index is 0.174. The topological polar surface area (TPSA) is 46.5 Å². The molecule has 0 aliphatic carbocycles. The van der Waals surface area contributed by atoms with Gasteiger partial charge < -0.3 is 0 Å². The van der Waals surface area contributed by atoms with E-state index in [0.717, 1.165) is 0 Å². The molecule has 0 saturated heterocycles. The number of para-hydroxylation sites is 1. The van der Waals surface area contributed by atoms with Crippen LogP contribution in [0.25, 0.3) is 0 Å². The van der Waals surface area contributed by atoms with Crippen LogP contribution < -0.4 is 3.73 Å². The molecule has 1 N–H and O–H groups in total. The van der Waals surface area contributed by atoms with E-state index >= 15 is 0 Å². The van der Waals surface area contributed by atoms with Crippen molar-refractivity contribution in [3.05, 3.63) is 29.8 Å². The Morgan fingerprint density at radius 2 is 2.09 bits per heavy atom. The van der Waals surface area contributed by atoms with Gasteiger partial charge in [-0.25, -0.2) is 0 Å². The van der Waals surface area contributed by atoms with Crippen LogP contribution in [0.4, 0.5) is 0 Å². The van der Waals surface area contributed by atoms with Gasteiger partial charge in [-0.05, 0) is 0 Å². The zero-order valence-electron chi connectivity index (χ0n) is 5.52. The third kappa shape index (κ3) is 1.75. The fourth-order valence-corrected chi connectivity index (χ4v) is 1.06. The summed E-state index contributed by atoms with van der Waals surface area (Å²) >= 11 is 1.87. The summed E-state index contributed by atoms with van der Waals surface area (Å²) in [5, 5.41) is 8.61. The molecule has 0 fully saturated rings. The molecule has 56 valence electrons. The van der Waals surface area contributed by atoms with Gasteiger partial charge in [-0.2, -0.15) is 0 Å². The van der Waals surface area contributed by atoms with Crippen molar-refractivity contribution in [2.75, 3.05) is 0 Å². The SMILES string of the molecule is O=C(O)c1ccccc1O[As]. The second-order valence-electron chi connectivity index (χ2n) is 1.89. The fourth-order valence-electron chi connectivity index (χ4n) is 0.723. The first kappa shape index (κ1) is 8.15. The molecule has 0 aliphatic rings. The summed E-state index contributed by atoms with van der Waals surface area (Å²) in [6.07, 6.45) is 0. The molecule has 1 aromatic carbocycles. The van der Waals surface area contributed by atoms with Gasteiger partial charge in [-0.3, -0.25) is 0 Å². The number of aromatic carboxylic acids is 1. The fraction of sp³-hybridized carbons (Fsp3) is 0. The monoisotopic (exact) mass is 212 g/mol. The third-order valence-electron chi connectivity index (χ3n) is 1.22. The van der Waals surface area contributed by atoms with E-state index in [-0.39, 0.29) is 5.56 Å². The van der Waals surface area contributed by atoms with E-state index in [2.05, 4.69) is 0 Å². The normalized spacial score (nSPS) is 9.18. The number of benzene rings is 1. The van der Waals surface area contributed by atoms with Crippen LogP contribution in [0.2, 0.25) is 0 Å². The van der Waals surface area contributed by atoms with Gasteiger partial charge in [-0.15, -0.1) is 0 Å². The van der Waals surface area contributed by atoms with E-state index in [0.29, 0.717) is 5.75 Å². The Kier molecular flexibility index (Phi) is 2.55. The number of hydrogen-bond donors (Lipinski definition) is 1. The Morgan fingerprint density at radius 1 is 1.45 bits per heavy atom. The van der Waals surface area contributed by atoms with Gasteiger partial charge in [0.1, 0.15) is 0 Å². The molecular formula is C7H5AsO3. The molecule has 0 atom stereocenters. The molecule has 0 amide bonds. The number of hydrogen-bond acceptors (Lipinski definition) is 2. The summed E-state index contributed by atoms with van der Waals surface area (Å²) < 4.78 is 4.76. The number of carboxylic acids is 1. The predicted octanol–water partition coefficient (Wildman–Crippen LogP) is 0.847. The minimum atomic E-state index is -0.980. The average molecular weight is 212 g/mol. The summed E-state index contributed by atoms with van der Waals surface area (Å²) in [4.78, 5) is 10.5. The van der Waals surface area contributed by atoms with Crippen LogP contribution in [-0.4, -0.2) is 28.3 Å². The molecule has 0 aliphatic heterocycles. The molecule has 0 saturated carbocycles. The Bertz CT molecular complexity index is 272. The molecule has 1 aromatic rings. The summed E-state index contributed by atoms with van der Waals surface area (Å²) in [6, 6.07) is 6.46. The third-order valence-corrected chi connectivity index (χ3v) is 1.63. The van der Waals surface area contributed by atoms with Crippen molar-refractivity contribution in [1.29, 1.82) is 0 Å². The predicted molar refractivity (Wildman–Crippen MR) is 39.8 cm³/mol. The second kappa shape index (κ2) is 3.44. The van der Waals surface area contributed by atoms with Gasteiger partial charge in [0.15, 0.2) is 0 Å². The zero-order valence-corrected chi connectivity index (χ0v) is 7.40. The summed E-state index contributed by atoms with van der Waals surface area (Å²) in [5.41, 5.74) is 0.174. The Hall–Kier alpha value is -0.952. The van der Waals surface area contributed by atoms with E-state index in [1.54, 1.807) is 18.2 Å². The van der Waals surface area contributed by atoms with Crippen molar-refractivity contribution >= 4 is 23.2 Å². The standard InChI is InChI=1S/C7H5AsO3/c8-11-6-4-2-1-3-5(6)7(9)10/h1-4H,(H,9,10). The van der Waals surface area contributed by atoms with E-state index in [1.807, 2.05) is 17.2 Å². The van der Waals surface area contributed by atoms with E-state index in [4.69, 9.17) is 8.83 Å². The molecule has 1 rings (SSSR count). The van der Waals surface area contributed by atoms with Crippen LogP contribution in [0.1, 0.15) is 10.4 Å². The Balaban J connectivity index is 3.12. The van der Waals surface area contributed by atoms with E-state index in [9.17, 15) is 4.79 Å². The van der Waals surface area contributed by atoms with Gasteiger partial charge in [-0.1, -0.05) is 0 Å². The average Bonchev–Trinajstić information content (AvgIpc) is 2.04. The molecule has 0 heterocycles. The van der Waals surface area contributed by atoms with Gasteiger partial charge in [0.2, 0.25) is 0 Å². The molecule has 0 spiro atoms. The van der Waals surface area contributed by atoms with Crippen molar-refractivity contribution in [2.45, 2.75) is 0 Å². The quantitative estimate of drug-likeness (QED) is 0.739. The first-order valence-corrected chi connectivity index (χ1v) is 3.66. The van der Waals surface area contributed by atoms with Crippen molar-refractivity contribution in [3.63, 3.8) is 0 Å². The van der Waals surface area contributed by atoms with Crippen LogP contribution in [0.3, 0.4) is 0 Å². The van der Waals surface area contributed by atoms with Gasteiger partial charge >= 0.3 is 72.4 Å². The molecule has 0 aromatic heterocycles. The van der Waals surface area contributed by atoms with Crippen LogP contribution in [-0.2, 0) is 0 Å². The van der Waals surface area contributed by atoms with E-state index in [1.165, 1.54) is 6.07 Å².